The van der Waals surface area contributed by atoms with Crippen molar-refractivity contribution in [1.29, 1.82) is 0 Å². The molecule has 314 valence electrons. The van der Waals surface area contributed by atoms with Crippen LogP contribution in [-0.2, 0) is 52.3 Å². The van der Waals surface area contributed by atoms with Gasteiger partial charge in [-0.3, -0.25) is 14.4 Å². The zero-order chi connectivity index (χ0) is 42.5. The second kappa shape index (κ2) is 16.4. The maximum absolute atomic E-state index is 15.8. The van der Waals surface area contributed by atoms with Crippen LogP contribution in [0.1, 0.15) is 57.8 Å². The first-order valence-electron chi connectivity index (χ1n) is 17.3. The Morgan fingerprint density at radius 2 is 1.51 bits per heavy atom. The van der Waals surface area contributed by atoms with Gasteiger partial charge in [0.15, 0.2) is 17.5 Å². The lowest BCUT2D eigenvalue weighted by Crippen LogP contribution is -2.82. The molecule has 3 fully saturated rings. The molecule has 5 rings (SSSR count). The Morgan fingerprint density at radius 1 is 0.930 bits per heavy atom. The molecule has 0 amide bonds. The molecule has 1 aromatic rings. The van der Waals surface area contributed by atoms with Crippen LogP contribution in [0.15, 0.2) is 41.5 Å². The fourth-order valence-corrected chi connectivity index (χ4v) is 8.98. The van der Waals surface area contributed by atoms with E-state index in [9.17, 15) is 29.1 Å². The van der Waals surface area contributed by atoms with Crippen molar-refractivity contribution < 1.29 is 71.8 Å². The summed E-state index contributed by atoms with van der Waals surface area (Å²) in [6.45, 7) is 4.94. The molecule has 0 unspecified atom stereocenters. The van der Waals surface area contributed by atoms with E-state index >= 15 is 4.79 Å². The molecule has 15 nitrogen and oxygen atoms in total. The van der Waals surface area contributed by atoms with Gasteiger partial charge in [-0.2, -0.15) is 0 Å². The molecule has 57 heavy (non-hydrogen) atoms. The van der Waals surface area contributed by atoms with Crippen molar-refractivity contribution in [1.82, 2.24) is 0 Å². The topological polar surface area (TPSA) is 196 Å². The van der Waals surface area contributed by atoms with Gasteiger partial charge in [-0.05, 0) is 37.1 Å². The molecular formula is C36H38Cl6O15. The molecule has 0 radical (unpaired) electrons. The largest absolute Gasteiger partial charge is 0.509 e. The third kappa shape index (κ3) is 8.63. The fourth-order valence-electron chi connectivity index (χ4n) is 8.65. The number of alkyl halides is 6. The van der Waals surface area contributed by atoms with Gasteiger partial charge in [-0.25, -0.2) is 14.4 Å². The third-order valence-corrected chi connectivity index (χ3v) is 11.9. The first-order chi connectivity index (χ1) is 26.3. The summed E-state index contributed by atoms with van der Waals surface area (Å²) < 4.78 is 41.2. The highest BCUT2D eigenvalue weighted by atomic mass is 35.6. The molecular weight excluding hydrogens is 885 g/mol. The van der Waals surface area contributed by atoms with Gasteiger partial charge in [-0.1, -0.05) is 102 Å². The summed E-state index contributed by atoms with van der Waals surface area (Å²) in [6.07, 6.45) is -11.9. The number of hydrogen-bond donors (Lipinski definition) is 1. The molecule has 9 atom stereocenters. The lowest BCUT2D eigenvalue weighted by Gasteiger charge is -2.67. The standard InChI is InChI=1S/C36H38Cl6O15/c1-17-20(53-16-43)12-34(49)27(56-28(46)19-9-7-6-8-10-19)25-32(5,26(45)24(23(17)31(34,3)4)55-30(48)52-15-36(40,41)42)21(54-29(47)51-14-35(37,38)39)11-22-33(25,13-50-22)57-18(2)44/h6-10,16,20-22,24-25,27,49H,11-15H2,1-5H3/t20-,21-,22+,24+,25-,27-,32+,33-,34+/m0/s1. The lowest BCUT2D eigenvalue weighted by atomic mass is 9.44. The zero-order valence-electron chi connectivity index (χ0n) is 30.9. The van der Waals surface area contributed by atoms with Crippen LogP contribution in [0.2, 0.25) is 0 Å². The van der Waals surface area contributed by atoms with E-state index in [1.807, 2.05) is 0 Å². The summed E-state index contributed by atoms with van der Waals surface area (Å²) in [4.78, 5) is 81.6. The van der Waals surface area contributed by atoms with Crippen LogP contribution in [0.5, 0.6) is 0 Å². The van der Waals surface area contributed by atoms with Crippen molar-refractivity contribution in [3.8, 4) is 0 Å². The lowest BCUT2D eigenvalue weighted by molar-refractivity contribution is -0.346. The van der Waals surface area contributed by atoms with E-state index in [-0.39, 0.29) is 29.6 Å². The average molecular weight is 923 g/mol. The Kier molecular flexibility index (Phi) is 13.0. The predicted octanol–water partition coefficient (Wildman–Crippen LogP) is 6.32. The van der Waals surface area contributed by atoms with Crippen LogP contribution in [0.4, 0.5) is 9.59 Å². The fraction of sp³-hybridized carbons (Fsp3) is 0.611. The number of aliphatic hydroxyl groups is 1. The summed E-state index contributed by atoms with van der Waals surface area (Å²) in [5, 5.41) is 13.4. The first-order valence-corrected chi connectivity index (χ1v) is 19.5. The molecule has 1 N–H and O–H groups in total. The quantitative estimate of drug-likeness (QED) is 0.0949. The van der Waals surface area contributed by atoms with Crippen LogP contribution >= 0.6 is 69.6 Å². The number of rotatable bonds is 9. The van der Waals surface area contributed by atoms with Gasteiger partial charge in [0, 0.05) is 25.2 Å². The number of ketones is 1. The number of fused-ring (bicyclic) bond motifs is 5. The minimum absolute atomic E-state index is 0.0252. The highest BCUT2D eigenvalue weighted by molar-refractivity contribution is 6.68. The Balaban J connectivity index is 1.83. The Bertz CT molecular complexity index is 1810. The van der Waals surface area contributed by atoms with Crippen molar-refractivity contribution in [2.24, 2.45) is 16.7 Å². The minimum Gasteiger partial charge on any atom is -0.460 e. The monoisotopic (exact) mass is 920 g/mol. The summed E-state index contributed by atoms with van der Waals surface area (Å²) in [5.41, 5.74) is -8.23. The zero-order valence-corrected chi connectivity index (χ0v) is 35.4. The van der Waals surface area contributed by atoms with Crippen LogP contribution in [0.25, 0.3) is 0 Å². The normalized spacial score (nSPS) is 33.1. The predicted molar refractivity (Wildman–Crippen MR) is 201 cm³/mol. The molecule has 2 bridgehead atoms. The van der Waals surface area contributed by atoms with E-state index in [2.05, 4.69) is 0 Å². The van der Waals surface area contributed by atoms with Crippen LogP contribution in [-0.4, -0.2) is 111 Å². The Labute approximate surface area is 356 Å². The first kappa shape index (κ1) is 45.3. The van der Waals surface area contributed by atoms with Gasteiger partial charge >= 0.3 is 24.2 Å². The SMILES string of the molecule is CC(=O)O[C@@]12CO[C@@H]1C[C@H](OC(=O)OCC(Cl)(Cl)Cl)[C@@]1(C)C(=O)[C@H](OC(=O)OCC(Cl)(Cl)Cl)C3=C(C)[C@@H](OC=O)C[C@@](O)([C@@H](OC(=O)c4ccccc4)[C@H]21)C3(C)C. The van der Waals surface area contributed by atoms with E-state index < -0.39 is 122 Å². The maximum Gasteiger partial charge on any atom is 0.509 e. The van der Waals surface area contributed by atoms with Crippen molar-refractivity contribution >= 4 is 106 Å². The molecule has 0 spiro atoms. The number of hydrogen-bond acceptors (Lipinski definition) is 15. The number of Topliss-reactive ketones (excluding diaryl/α,β-unsaturated/α-hetero) is 1. The van der Waals surface area contributed by atoms with Gasteiger partial charge in [-0.15, -0.1) is 0 Å². The average Bonchev–Trinajstić information content (AvgIpc) is 3.10. The Hall–Kier alpha value is -2.76. The van der Waals surface area contributed by atoms with Gasteiger partial charge in [0.05, 0.1) is 23.5 Å². The molecule has 21 heteroatoms. The Morgan fingerprint density at radius 3 is 2.02 bits per heavy atom. The van der Waals surface area contributed by atoms with Crippen molar-refractivity contribution in [3.05, 3.63) is 47.0 Å². The van der Waals surface area contributed by atoms with Crippen LogP contribution in [0, 0.1) is 16.7 Å². The number of halogens is 6. The van der Waals surface area contributed by atoms with Gasteiger partial charge < -0.3 is 43.0 Å². The molecule has 1 saturated heterocycles. The molecule has 2 saturated carbocycles. The van der Waals surface area contributed by atoms with E-state index in [1.54, 1.807) is 18.2 Å². The molecule has 4 aliphatic rings. The number of carbonyl (C=O) groups excluding carboxylic acids is 6. The number of carbonyl (C=O) groups is 6. The van der Waals surface area contributed by atoms with Gasteiger partial charge in [0.1, 0.15) is 43.2 Å². The second-order valence-corrected chi connectivity index (χ2v) is 19.9. The molecule has 1 aliphatic heterocycles. The summed E-state index contributed by atoms with van der Waals surface area (Å²) >= 11 is 34.8. The molecule has 0 aromatic heterocycles. The van der Waals surface area contributed by atoms with E-state index in [1.165, 1.54) is 39.8 Å². The van der Waals surface area contributed by atoms with Crippen molar-refractivity contribution in [3.63, 3.8) is 0 Å². The number of ether oxygens (including phenoxy) is 8. The molecule has 3 aliphatic carbocycles. The smallest absolute Gasteiger partial charge is 0.460 e. The summed E-state index contributed by atoms with van der Waals surface area (Å²) in [6, 6.07) is 7.66. The van der Waals surface area contributed by atoms with Crippen molar-refractivity contribution in [2.45, 2.75) is 96.8 Å². The maximum atomic E-state index is 15.8. The third-order valence-electron chi connectivity index (χ3n) is 11.2. The number of esters is 2. The highest BCUT2D eigenvalue weighted by Crippen LogP contribution is 2.65. The van der Waals surface area contributed by atoms with Crippen molar-refractivity contribution in [2.75, 3.05) is 19.8 Å². The van der Waals surface area contributed by atoms with E-state index in [0.717, 1.165) is 6.92 Å². The highest BCUT2D eigenvalue weighted by Gasteiger charge is 2.79. The van der Waals surface area contributed by atoms with Gasteiger partial charge in [0.2, 0.25) is 7.59 Å². The van der Waals surface area contributed by atoms with E-state index in [0.29, 0.717) is 0 Å². The van der Waals surface area contributed by atoms with Crippen LogP contribution < -0.4 is 0 Å². The molecule has 1 heterocycles. The second-order valence-electron chi connectivity index (χ2n) is 14.9. The summed E-state index contributed by atoms with van der Waals surface area (Å²) in [7, 11) is 0. The van der Waals surface area contributed by atoms with Gasteiger partial charge in [0.25, 0.3) is 6.47 Å². The van der Waals surface area contributed by atoms with E-state index in [4.69, 9.17) is 108 Å². The minimum atomic E-state index is -2.40. The summed E-state index contributed by atoms with van der Waals surface area (Å²) in [5.74, 6) is -4.57. The van der Waals surface area contributed by atoms with Crippen LogP contribution in [0.3, 0.4) is 0 Å². The number of benzene rings is 1. The molecule has 1 aromatic carbocycles.